The maximum absolute atomic E-state index is 4.05. The molecule has 0 saturated heterocycles. The summed E-state index contributed by atoms with van der Waals surface area (Å²) >= 11 is 0. The first-order valence-corrected chi connectivity index (χ1v) is 7.07. The third kappa shape index (κ3) is 1.67. The molecular formula is C19H17. The maximum Gasteiger partial charge on any atom is -0.00915 e. The Balaban J connectivity index is 1.94. The van der Waals surface area contributed by atoms with Crippen molar-refractivity contribution in [3.05, 3.63) is 77.2 Å². The number of aryl methyl sites for hydroxylation is 1. The lowest BCUT2D eigenvalue weighted by molar-refractivity contribution is 0.908. The zero-order valence-electron chi connectivity index (χ0n) is 11.1. The molecule has 2 aliphatic rings. The monoisotopic (exact) mass is 245 g/mol. The van der Waals surface area contributed by atoms with Crippen molar-refractivity contribution in [1.29, 1.82) is 0 Å². The van der Waals surface area contributed by atoms with E-state index >= 15 is 0 Å². The number of benzene rings is 2. The van der Waals surface area contributed by atoms with Gasteiger partial charge in [-0.2, -0.15) is 0 Å². The molecule has 0 nitrogen and oxygen atoms in total. The molecule has 0 amide bonds. The van der Waals surface area contributed by atoms with Crippen LogP contribution in [0.1, 0.15) is 27.8 Å². The SMILES string of the molecule is [CH2]c1ccc2c(c1)CCc1c-2ccc2c1CC=CC2. The average molecular weight is 245 g/mol. The fourth-order valence-electron chi connectivity index (χ4n) is 3.51. The van der Waals surface area contributed by atoms with E-state index in [4.69, 9.17) is 0 Å². The van der Waals surface area contributed by atoms with Gasteiger partial charge in [0.1, 0.15) is 0 Å². The molecule has 0 heterocycles. The van der Waals surface area contributed by atoms with Crippen LogP contribution in [0, 0.1) is 6.92 Å². The van der Waals surface area contributed by atoms with Gasteiger partial charge < -0.3 is 0 Å². The second-order valence-electron chi connectivity index (χ2n) is 5.60. The van der Waals surface area contributed by atoms with Gasteiger partial charge in [-0.3, -0.25) is 0 Å². The van der Waals surface area contributed by atoms with Crippen molar-refractivity contribution >= 4 is 0 Å². The minimum absolute atomic E-state index is 1.10. The van der Waals surface area contributed by atoms with Crippen molar-refractivity contribution in [3.8, 4) is 11.1 Å². The lowest BCUT2D eigenvalue weighted by atomic mass is 9.79. The van der Waals surface area contributed by atoms with E-state index in [0.29, 0.717) is 0 Å². The molecule has 0 bridgehead atoms. The molecule has 0 atom stereocenters. The first-order valence-electron chi connectivity index (χ1n) is 7.07. The van der Waals surface area contributed by atoms with E-state index < -0.39 is 0 Å². The second kappa shape index (κ2) is 4.09. The van der Waals surface area contributed by atoms with Gasteiger partial charge in [-0.05, 0) is 71.6 Å². The minimum atomic E-state index is 1.10. The van der Waals surface area contributed by atoms with Crippen LogP contribution in [0.4, 0.5) is 0 Å². The summed E-state index contributed by atoms with van der Waals surface area (Å²) in [6.07, 6.45) is 9.17. The standard InChI is InChI=1S/C19H17/c1-13-6-9-17-15(12-13)8-11-18-16-5-3-2-4-14(16)7-10-19(17)18/h2-3,6-7,9-10,12H,1,4-5,8,11H2. The molecule has 0 heteroatoms. The summed E-state index contributed by atoms with van der Waals surface area (Å²) in [7, 11) is 0. The van der Waals surface area contributed by atoms with Gasteiger partial charge in [-0.25, -0.2) is 0 Å². The summed E-state index contributed by atoms with van der Waals surface area (Å²) in [5.41, 5.74) is 10.2. The smallest absolute Gasteiger partial charge is 0.00915 e. The van der Waals surface area contributed by atoms with Crippen LogP contribution < -0.4 is 0 Å². The first-order chi connectivity index (χ1) is 9.33. The third-order valence-electron chi connectivity index (χ3n) is 4.46. The van der Waals surface area contributed by atoms with Crippen LogP contribution in [-0.4, -0.2) is 0 Å². The van der Waals surface area contributed by atoms with E-state index in [9.17, 15) is 0 Å². The van der Waals surface area contributed by atoms with Crippen LogP contribution in [0.3, 0.4) is 0 Å². The van der Waals surface area contributed by atoms with Crippen molar-refractivity contribution < 1.29 is 0 Å². The van der Waals surface area contributed by atoms with Crippen molar-refractivity contribution in [2.75, 3.05) is 0 Å². The van der Waals surface area contributed by atoms with Gasteiger partial charge in [-0.1, -0.05) is 42.5 Å². The molecule has 0 aliphatic heterocycles. The number of hydrogen-bond donors (Lipinski definition) is 0. The van der Waals surface area contributed by atoms with Gasteiger partial charge in [0.25, 0.3) is 0 Å². The van der Waals surface area contributed by atoms with Crippen LogP contribution in [0.5, 0.6) is 0 Å². The lowest BCUT2D eigenvalue weighted by Gasteiger charge is -2.25. The quantitative estimate of drug-likeness (QED) is 0.607. The highest BCUT2D eigenvalue weighted by atomic mass is 14.2. The predicted octanol–water partition coefficient (Wildman–Crippen LogP) is 4.29. The number of rotatable bonds is 0. The van der Waals surface area contributed by atoms with Crippen molar-refractivity contribution in [1.82, 2.24) is 0 Å². The Morgan fingerprint density at radius 2 is 1.58 bits per heavy atom. The molecule has 0 N–H and O–H groups in total. The van der Waals surface area contributed by atoms with Gasteiger partial charge >= 0.3 is 0 Å². The summed E-state index contributed by atoms with van der Waals surface area (Å²) in [5.74, 6) is 0. The minimum Gasteiger partial charge on any atom is -0.0838 e. The Labute approximate surface area is 114 Å². The number of fused-ring (bicyclic) bond motifs is 5. The highest BCUT2D eigenvalue weighted by molar-refractivity contribution is 5.75. The Morgan fingerprint density at radius 1 is 0.737 bits per heavy atom. The highest BCUT2D eigenvalue weighted by Gasteiger charge is 2.20. The van der Waals surface area contributed by atoms with Crippen molar-refractivity contribution in [2.45, 2.75) is 25.7 Å². The van der Waals surface area contributed by atoms with Crippen LogP contribution >= 0.6 is 0 Å². The molecule has 2 aromatic rings. The summed E-state index contributed by atoms with van der Waals surface area (Å²) in [4.78, 5) is 0. The molecule has 2 aromatic carbocycles. The van der Waals surface area contributed by atoms with Gasteiger partial charge in [0.2, 0.25) is 0 Å². The van der Waals surface area contributed by atoms with Gasteiger partial charge in [0.15, 0.2) is 0 Å². The normalized spacial score (nSPS) is 15.6. The van der Waals surface area contributed by atoms with Crippen LogP contribution in [0.15, 0.2) is 42.5 Å². The molecule has 0 aromatic heterocycles. The molecule has 4 rings (SSSR count). The summed E-state index contributed by atoms with van der Waals surface area (Å²) in [5, 5.41) is 0. The van der Waals surface area contributed by atoms with Crippen molar-refractivity contribution in [3.63, 3.8) is 0 Å². The largest absolute Gasteiger partial charge is 0.0838 e. The molecule has 93 valence electrons. The second-order valence-corrected chi connectivity index (χ2v) is 5.60. The summed E-state index contributed by atoms with van der Waals surface area (Å²) in [6, 6.07) is 11.3. The summed E-state index contributed by atoms with van der Waals surface area (Å²) < 4.78 is 0. The lowest BCUT2D eigenvalue weighted by Crippen LogP contribution is -2.10. The van der Waals surface area contributed by atoms with Gasteiger partial charge in [0, 0.05) is 0 Å². The predicted molar refractivity (Wildman–Crippen MR) is 80.3 cm³/mol. The van der Waals surface area contributed by atoms with Crippen molar-refractivity contribution in [2.24, 2.45) is 0 Å². The molecule has 0 fully saturated rings. The van der Waals surface area contributed by atoms with E-state index in [1.54, 1.807) is 11.1 Å². The van der Waals surface area contributed by atoms with Crippen LogP contribution in [0.25, 0.3) is 11.1 Å². The van der Waals surface area contributed by atoms with Crippen LogP contribution in [-0.2, 0) is 25.7 Å². The van der Waals surface area contributed by atoms with E-state index in [-0.39, 0.29) is 0 Å². The third-order valence-corrected chi connectivity index (χ3v) is 4.46. The Kier molecular flexibility index (Phi) is 2.38. The molecular weight excluding hydrogens is 228 g/mol. The zero-order chi connectivity index (χ0) is 12.8. The van der Waals surface area contributed by atoms with Crippen LogP contribution in [0.2, 0.25) is 0 Å². The first kappa shape index (κ1) is 11.0. The van der Waals surface area contributed by atoms with E-state index in [0.717, 1.165) is 24.8 Å². The summed E-state index contributed by atoms with van der Waals surface area (Å²) in [6.45, 7) is 4.05. The van der Waals surface area contributed by atoms with E-state index in [2.05, 4.69) is 49.4 Å². The molecule has 0 unspecified atom stereocenters. The molecule has 0 spiro atoms. The topological polar surface area (TPSA) is 0 Å². The Bertz CT molecular complexity index is 689. The number of hydrogen-bond acceptors (Lipinski definition) is 0. The molecule has 1 radical (unpaired) electrons. The maximum atomic E-state index is 4.05. The highest BCUT2D eigenvalue weighted by Crippen LogP contribution is 2.38. The Hall–Kier alpha value is -1.82. The molecule has 19 heavy (non-hydrogen) atoms. The zero-order valence-corrected chi connectivity index (χ0v) is 11.1. The van der Waals surface area contributed by atoms with Gasteiger partial charge in [-0.15, -0.1) is 0 Å². The fraction of sp³-hybridized carbons (Fsp3) is 0.211. The molecule has 0 saturated carbocycles. The molecule has 2 aliphatic carbocycles. The van der Waals surface area contributed by atoms with E-state index in [1.165, 1.54) is 28.7 Å². The number of allylic oxidation sites excluding steroid dienone is 2. The van der Waals surface area contributed by atoms with Gasteiger partial charge in [0.05, 0.1) is 0 Å². The fourth-order valence-corrected chi connectivity index (χ4v) is 3.51. The van der Waals surface area contributed by atoms with E-state index in [1.807, 2.05) is 0 Å². The average Bonchev–Trinajstić information content (AvgIpc) is 2.46. The Morgan fingerprint density at radius 3 is 2.53 bits per heavy atom.